The third-order valence-electron chi connectivity index (χ3n) is 3.95. The molecule has 3 aromatic rings. The first-order valence-electron chi connectivity index (χ1n) is 7.64. The Morgan fingerprint density at radius 3 is 2.56 bits per heavy atom. The van der Waals surface area contributed by atoms with Gasteiger partial charge in [0.2, 0.25) is 0 Å². The molecule has 0 atom stereocenters. The molecule has 0 unspecified atom stereocenters. The maximum Gasteiger partial charge on any atom is 0.281 e. The van der Waals surface area contributed by atoms with Crippen molar-refractivity contribution in [3.63, 3.8) is 0 Å². The van der Waals surface area contributed by atoms with E-state index < -0.39 is 11.8 Å². The largest absolute Gasteiger partial charge is 0.506 e. The number of aromatic nitrogens is 1. The van der Waals surface area contributed by atoms with E-state index in [-0.39, 0.29) is 11.4 Å². The Kier molecular flexibility index (Phi) is 3.43. The van der Waals surface area contributed by atoms with Crippen molar-refractivity contribution in [3.05, 3.63) is 72.6 Å². The van der Waals surface area contributed by atoms with E-state index in [1.165, 1.54) is 12.1 Å². The molecule has 1 aromatic heterocycles. The number of amides is 2. The van der Waals surface area contributed by atoms with Crippen LogP contribution in [0.2, 0.25) is 0 Å². The van der Waals surface area contributed by atoms with Crippen LogP contribution in [0.3, 0.4) is 0 Å². The van der Waals surface area contributed by atoms with Gasteiger partial charge in [-0.15, -0.1) is 0 Å². The van der Waals surface area contributed by atoms with Crippen LogP contribution in [0.15, 0.2) is 72.6 Å². The number of aromatic hydroxyl groups is 1. The third-order valence-corrected chi connectivity index (χ3v) is 3.95. The van der Waals surface area contributed by atoms with Gasteiger partial charge in [0.25, 0.3) is 11.8 Å². The van der Waals surface area contributed by atoms with Crippen LogP contribution in [0.1, 0.15) is 0 Å². The van der Waals surface area contributed by atoms with E-state index in [1.54, 1.807) is 48.7 Å². The molecule has 2 heterocycles. The van der Waals surface area contributed by atoms with Gasteiger partial charge in [0.15, 0.2) is 0 Å². The average molecular weight is 331 g/mol. The van der Waals surface area contributed by atoms with E-state index >= 15 is 0 Å². The van der Waals surface area contributed by atoms with E-state index in [1.807, 2.05) is 6.07 Å². The lowest BCUT2D eigenvalue weighted by Crippen LogP contribution is -2.31. The lowest BCUT2D eigenvalue weighted by molar-refractivity contribution is -0.120. The van der Waals surface area contributed by atoms with Crippen molar-refractivity contribution >= 4 is 34.1 Å². The zero-order valence-electron chi connectivity index (χ0n) is 13.0. The Morgan fingerprint density at radius 2 is 1.76 bits per heavy atom. The number of pyridine rings is 1. The number of para-hydroxylation sites is 1. The second-order valence-electron chi connectivity index (χ2n) is 5.53. The molecule has 0 radical (unpaired) electrons. The number of carbonyl (C=O) groups is 2. The van der Waals surface area contributed by atoms with Gasteiger partial charge in [0, 0.05) is 23.3 Å². The zero-order valence-corrected chi connectivity index (χ0v) is 13.0. The summed E-state index contributed by atoms with van der Waals surface area (Å²) >= 11 is 0. The fourth-order valence-electron chi connectivity index (χ4n) is 2.79. The minimum atomic E-state index is -0.429. The van der Waals surface area contributed by atoms with Crippen molar-refractivity contribution in [2.24, 2.45) is 0 Å². The smallest absolute Gasteiger partial charge is 0.281 e. The second-order valence-corrected chi connectivity index (χ2v) is 5.53. The zero-order chi connectivity index (χ0) is 17.4. The van der Waals surface area contributed by atoms with Crippen LogP contribution in [0, 0.1) is 0 Å². The molecule has 0 aliphatic carbocycles. The summed E-state index contributed by atoms with van der Waals surface area (Å²) < 4.78 is 0. The van der Waals surface area contributed by atoms with Gasteiger partial charge in [-0.3, -0.25) is 14.6 Å². The fraction of sp³-hybridized carbons (Fsp3) is 0. The average Bonchev–Trinajstić information content (AvgIpc) is 2.92. The Labute approximate surface area is 143 Å². The van der Waals surface area contributed by atoms with Crippen LogP contribution in [0.4, 0.5) is 11.4 Å². The van der Waals surface area contributed by atoms with Gasteiger partial charge in [0.1, 0.15) is 17.0 Å². The number of rotatable bonds is 3. The first-order chi connectivity index (χ1) is 12.1. The predicted molar refractivity (Wildman–Crippen MR) is 94.0 cm³/mol. The predicted octanol–water partition coefficient (Wildman–Crippen LogP) is 2.81. The summed E-state index contributed by atoms with van der Waals surface area (Å²) in [5, 5.41) is 13.6. The molecular weight excluding hydrogens is 318 g/mol. The molecule has 0 spiro atoms. The maximum atomic E-state index is 12.6. The number of phenols is 1. The molecule has 1 aliphatic heterocycles. The molecule has 2 N–H and O–H groups in total. The van der Waals surface area contributed by atoms with E-state index in [0.717, 1.165) is 4.90 Å². The maximum absolute atomic E-state index is 12.6. The van der Waals surface area contributed by atoms with E-state index in [4.69, 9.17) is 0 Å². The molecule has 6 heteroatoms. The molecule has 0 saturated heterocycles. The summed E-state index contributed by atoms with van der Waals surface area (Å²) in [6.45, 7) is 0. The summed E-state index contributed by atoms with van der Waals surface area (Å²) in [5.74, 6) is -0.781. The molecule has 6 nitrogen and oxygen atoms in total. The van der Waals surface area contributed by atoms with E-state index in [9.17, 15) is 14.7 Å². The molecule has 122 valence electrons. The van der Waals surface area contributed by atoms with Crippen LogP contribution in [-0.4, -0.2) is 21.9 Å². The lowest BCUT2D eigenvalue weighted by Gasteiger charge is -2.15. The van der Waals surface area contributed by atoms with Crippen LogP contribution in [-0.2, 0) is 9.59 Å². The number of nitrogens with one attached hydrogen (secondary N) is 1. The molecular formula is C19H13N3O3. The molecule has 0 saturated carbocycles. The summed E-state index contributed by atoms with van der Waals surface area (Å²) in [5.41, 5.74) is 1.69. The van der Waals surface area contributed by atoms with Gasteiger partial charge in [-0.05, 0) is 36.4 Å². The number of phenolic OH excluding ortho intramolecular Hbond substituents is 1. The van der Waals surface area contributed by atoms with Crippen molar-refractivity contribution in [3.8, 4) is 5.75 Å². The van der Waals surface area contributed by atoms with Gasteiger partial charge in [-0.2, -0.15) is 0 Å². The monoisotopic (exact) mass is 331 g/mol. The highest BCUT2D eigenvalue weighted by molar-refractivity contribution is 6.31. The summed E-state index contributed by atoms with van der Waals surface area (Å²) in [7, 11) is 0. The van der Waals surface area contributed by atoms with Crippen molar-refractivity contribution in [2.45, 2.75) is 0 Å². The Bertz CT molecular complexity index is 1030. The molecule has 4 rings (SSSR count). The Hall–Kier alpha value is -3.67. The van der Waals surface area contributed by atoms with Gasteiger partial charge in [-0.25, -0.2) is 4.90 Å². The first kappa shape index (κ1) is 14.9. The standard InChI is InChI=1S/C19H13N3O3/c23-16-9-8-14(13-7-4-10-20-18(13)16)21-15-11-17(24)22(19(15)25)12-5-2-1-3-6-12/h1-11,21,23H. The van der Waals surface area contributed by atoms with Gasteiger partial charge in [0.05, 0.1) is 5.69 Å². The Balaban J connectivity index is 1.69. The highest BCUT2D eigenvalue weighted by Gasteiger charge is 2.32. The number of fused-ring (bicyclic) bond motifs is 1. The van der Waals surface area contributed by atoms with Gasteiger partial charge in [-0.1, -0.05) is 18.2 Å². The number of hydrogen-bond acceptors (Lipinski definition) is 5. The lowest BCUT2D eigenvalue weighted by atomic mass is 10.1. The highest BCUT2D eigenvalue weighted by Crippen LogP contribution is 2.31. The first-order valence-corrected chi connectivity index (χ1v) is 7.64. The van der Waals surface area contributed by atoms with Crippen molar-refractivity contribution in [1.29, 1.82) is 0 Å². The molecule has 1 aliphatic rings. The normalized spacial score (nSPS) is 14.1. The number of nitrogens with zero attached hydrogens (tertiary/aromatic N) is 2. The SMILES string of the molecule is O=C1C=C(Nc2ccc(O)c3ncccc23)C(=O)N1c1ccccc1. The third kappa shape index (κ3) is 2.49. The molecule has 25 heavy (non-hydrogen) atoms. The number of anilines is 2. The molecule has 2 amide bonds. The Morgan fingerprint density at radius 1 is 0.960 bits per heavy atom. The minimum absolute atomic E-state index is 0.0508. The van der Waals surface area contributed by atoms with Gasteiger partial charge >= 0.3 is 0 Å². The molecule has 0 bridgehead atoms. The van der Waals surface area contributed by atoms with Gasteiger partial charge < -0.3 is 10.4 Å². The number of hydrogen-bond donors (Lipinski definition) is 2. The van der Waals surface area contributed by atoms with Crippen LogP contribution in [0.25, 0.3) is 10.9 Å². The summed E-state index contributed by atoms with van der Waals surface area (Å²) in [4.78, 5) is 30.1. The number of carbonyl (C=O) groups excluding carboxylic acids is 2. The quantitative estimate of drug-likeness (QED) is 0.570. The van der Waals surface area contributed by atoms with Crippen molar-refractivity contribution in [2.75, 3.05) is 10.2 Å². The van der Waals surface area contributed by atoms with Crippen LogP contribution >= 0.6 is 0 Å². The van der Waals surface area contributed by atoms with Crippen molar-refractivity contribution < 1.29 is 14.7 Å². The summed E-state index contributed by atoms with van der Waals surface area (Å²) in [6.07, 6.45) is 2.84. The number of imide groups is 1. The fourth-order valence-corrected chi connectivity index (χ4v) is 2.79. The van der Waals surface area contributed by atoms with Crippen molar-refractivity contribution in [1.82, 2.24) is 4.98 Å². The molecule has 0 fully saturated rings. The van der Waals surface area contributed by atoms with E-state index in [0.29, 0.717) is 22.3 Å². The van der Waals surface area contributed by atoms with Crippen LogP contribution < -0.4 is 10.2 Å². The number of benzene rings is 2. The highest BCUT2D eigenvalue weighted by atomic mass is 16.3. The topological polar surface area (TPSA) is 82.5 Å². The minimum Gasteiger partial charge on any atom is -0.506 e. The summed E-state index contributed by atoms with van der Waals surface area (Å²) in [6, 6.07) is 15.4. The molecule has 2 aromatic carbocycles. The van der Waals surface area contributed by atoms with Crippen LogP contribution in [0.5, 0.6) is 5.75 Å². The van der Waals surface area contributed by atoms with E-state index in [2.05, 4.69) is 10.3 Å². The second kappa shape index (κ2) is 5.76.